The van der Waals surface area contributed by atoms with Gasteiger partial charge in [0.1, 0.15) is 0 Å². The lowest BCUT2D eigenvalue weighted by molar-refractivity contribution is 0.0214. The zero-order valence-electron chi connectivity index (χ0n) is 10.2. The molecular weight excluding hydrogens is 220 g/mol. The second-order valence-electron chi connectivity index (χ2n) is 4.31. The summed E-state index contributed by atoms with van der Waals surface area (Å²) in [5.41, 5.74) is 2.35. The molecule has 0 saturated carbocycles. The Bertz CT molecular complexity index is 269. The molecule has 3 nitrogen and oxygen atoms in total. The van der Waals surface area contributed by atoms with Crippen LogP contribution < -0.4 is 5.32 Å². The summed E-state index contributed by atoms with van der Waals surface area (Å²) in [6.45, 7) is 5.63. The van der Waals surface area contributed by atoms with Gasteiger partial charge in [0.2, 0.25) is 0 Å². The maximum absolute atomic E-state index is 10.4. The molecule has 1 aromatic heterocycles. The third kappa shape index (κ3) is 4.60. The summed E-state index contributed by atoms with van der Waals surface area (Å²) in [5.74, 6) is 0. The maximum Gasteiger partial charge on any atom is 0.0795 e. The van der Waals surface area contributed by atoms with Crippen molar-refractivity contribution in [2.24, 2.45) is 0 Å². The fourth-order valence-electron chi connectivity index (χ4n) is 1.98. The van der Waals surface area contributed by atoms with E-state index >= 15 is 0 Å². The van der Waals surface area contributed by atoms with Gasteiger partial charge in [-0.2, -0.15) is 0 Å². The number of rotatable bonds is 8. The molecule has 0 aliphatic carbocycles. The predicted molar refractivity (Wildman–Crippen MR) is 68.6 cm³/mol. The van der Waals surface area contributed by atoms with Gasteiger partial charge in [-0.05, 0) is 12.8 Å². The molecule has 0 aliphatic heterocycles. The number of aliphatic hydroxyl groups is 1. The fourth-order valence-corrected chi connectivity index (χ4v) is 2.54. The van der Waals surface area contributed by atoms with Crippen LogP contribution in [-0.2, 0) is 6.54 Å². The molecule has 0 bridgehead atoms. The highest BCUT2D eigenvalue weighted by molar-refractivity contribution is 7.07. The van der Waals surface area contributed by atoms with E-state index in [9.17, 15) is 5.11 Å². The first-order valence-corrected chi connectivity index (χ1v) is 6.94. The minimum atomic E-state index is -0.542. The van der Waals surface area contributed by atoms with Gasteiger partial charge in [0.25, 0.3) is 0 Å². The van der Waals surface area contributed by atoms with Gasteiger partial charge in [0, 0.05) is 18.5 Å². The average Bonchev–Trinajstić information content (AvgIpc) is 2.71. The molecule has 1 rings (SSSR count). The van der Waals surface area contributed by atoms with Crippen LogP contribution >= 0.6 is 11.3 Å². The van der Waals surface area contributed by atoms with Crippen molar-refractivity contribution in [3.63, 3.8) is 0 Å². The number of hydrogen-bond acceptors (Lipinski definition) is 4. The Morgan fingerprint density at radius 3 is 2.56 bits per heavy atom. The Hall–Kier alpha value is -0.450. The van der Waals surface area contributed by atoms with Crippen LogP contribution in [0.25, 0.3) is 0 Å². The second kappa shape index (κ2) is 6.99. The van der Waals surface area contributed by atoms with Crippen molar-refractivity contribution in [1.29, 1.82) is 0 Å². The van der Waals surface area contributed by atoms with Crippen molar-refractivity contribution < 1.29 is 5.11 Å². The van der Waals surface area contributed by atoms with Gasteiger partial charge in [-0.25, -0.2) is 4.98 Å². The summed E-state index contributed by atoms with van der Waals surface area (Å²) in [7, 11) is 0. The minimum Gasteiger partial charge on any atom is -0.389 e. The van der Waals surface area contributed by atoms with Crippen molar-refractivity contribution in [2.45, 2.75) is 51.7 Å². The molecule has 0 atom stereocenters. The molecule has 4 heteroatoms. The van der Waals surface area contributed by atoms with E-state index in [2.05, 4.69) is 24.1 Å². The molecule has 1 aromatic rings. The summed E-state index contributed by atoms with van der Waals surface area (Å²) < 4.78 is 0. The number of nitrogens with one attached hydrogen (secondary N) is 1. The Labute approximate surface area is 102 Å². The average molecular weight is 242 g/mol. The van der Waals surface area contributed by atoms with Crippen molar-refractivity contribution in [2.75, 3.05) is 6.54 Å². The molecule has 0 saturated heterocycles. The normalized spacial score (nSPS) is 11.9. The van der Waals surface area contributed by atoms with E-state index < -0.39 is 5.60 Å². The highest BCUT2D eigenvalue weighted by Crippen LogP contribution is 2.18. The summed E-state index contributed by atoms with van der Waals surface area (Å²) in [5, 5.41) is 15.7. The monoisotopic (exact) mass is 242 g/mol. The fraction of sp³-hybridized carbons (Fsp3) is 0.750. The number of hydrogen-bond donors (Lipinski definition) is 2. The quantitative estimate of drug-likeness (QED) is 0.736. The molecule has 2 N–H and O–H groups in total. The Morgan fingerprint density at radius 1 is 1.38 bits per heavy atom. The molecule has 0 radical (unpaired) electrons. The molecule has 0 aliphatic rings. The van der Waals surface area contributed by atoms with Crippen molar-refractivity contribution in [3.8, 4) is 0 Å². The Kier molecular flexibility index (Phi) is 5.95. The first-order chi connectivity index (χ1) is 7.70. The van der Waals surface area contributed by atoms with Crippen LogP contribution in [0.1, 0.15) is 45.2 Å². The van der Waals surface area contributed by atoms with Crippen LogP contribution in [0.4, 0.5) is 0 Å². The van der Waals surface area contributed by atoms with Gasteiger partial charge in [-0.15, -0.1) is 11.3 Å². The molecule has 92 valence electrons. The van der Waals surface area contributed by atoms with Gasteiger partial charge >= 0.3 is 0 Å². The standard InChI is InChI=1S/C12H22N2OS/c1-3-5-12(15,6-4-2)9-13-7-11-8-16-10-14-11/h8,10,13,15H,3-7,9H2,1-2H3. The van der Waals surface area contributed by atoms with Crippen molar-refractivity contribution >= 4 is 11.3 Å². The first-order valence-electron chi connectivity index (χ1n) is 6.00. The highest BCUT2D eigenvalue weighted by Gasteiger charge is 2.23. The molecule has 0 amide bonds. The molecule has 0 aromatic carbocycles. The van der Waals surface area contributed by atoms with E-state index in [1.807, 2.05) is 10.9 Å². The van der Waals surface area contributed by atoms with E-state index in [4.69, 9.17) is 0 Å². The lowest BCUT2D eigenvalue weighted by atomic mass is 9.93. The van der Waals surface area contributed by atoms with Crippen LogP contribution in [0.3, 0.4) is 0 Å². The summed E-state index contributed by atoms with van der Waals surface area (Å²) in [6, 6.07) is 0. The molecule has 0 fully saturated rings. The maximum atomic E-state index is 10.4. The first kappa shape index (κ1) is 13.6. The summed E-state index contributed by atoms with van der Waals surface area (Å²) in [6.07, 6.45) is 3.78. The number of nitrogens with zero attached hydrogens (tertiary/aromatic N) is 1. The number of thiazole rings is 1. The topological polar surface area (TPSA) is 45.1 Å². The largest absolute Gasteiger partial charge is 0.389 e. The highest BCUT2D eigenvalue weighted by atomic mass is 32.1. The SMILES string of the molecule is CCCC(O)(CCC)CNCc1cscn1. The third-order valence-electron chi connectivity index (χ3n) is 2.67. The van der Waals surface area contributed by atoms with Gasteiger partial charge in [-0.1, -0.05) is 26.7 Å². The van der Waals surface area contributed by atoms with Gasteiger partial charge in [-0.3, -0.25) is 0 Å². The van der Waals surface area contributed by atoms with Crippen molar-refractivity contribution in [3.05, 3.63) is 16.6 Å². The smallest absolute Gasteiger partial charge is 0.0795 e. The minimum absolute atomic E-state index is 0.542. The molecular formula is C12H22N2OS. The Balaban J connectivity index is 2.32. The van der Waals surface area contributed by atoms with Crippen LogP contribution in [0.15, 0.2) is 10.9 Å². The van der Waals surface area contributed by atoms with Crippen LogP contribution in [0.5, 0.6) is 0 Å². The van der Waals surface area contributed by atoms with Gasteiger partial charge < -0.3 is 10.4 Å². The molecule has 0 unspecified atom stereocenters. The predicted octanol–water partition coefficient (Wildman–Crippen LogP) is 2.56. The van der Waals surface area contributed by atoms with E-state index in [0.29, 0.717) is 6.54 Å². The summed E-state index contributed by atoms with van der Waals surface area (Å²) in [4.78, 5) is 4.20. The Morgan fingerprint density at radius 2 is 2.06 bits per heavy atom. The van der Waals surface area contributed by atoms with Crippen LogP contribution in [-0.4, -0.2) is 22.2 Å². The van der Waals surface area contributed by atoms with Gasteiger partial charge in [0.05, 0.1) is 16.8 Å². The van der Waals surface area contributed by atoms with Crippen molar-refractivity contribution in [1.82, 2.24) is 10.3 Å². The summed E-state index contributed by atoms with van der Waals surface area (Å²) >= 11 is 1.60. The molecule has 16 heavy (non-hydrogen) atoms. The lowest BCUT2D eigenvalue weighted by Gasteiger charge is -2.27. The zero-order valence-corrected chi connectivity index (χ0v) is 11.0. The number of aromatic nitrogens is 1. The molecule has 0 spiro atoms. The van der Waals surface area contributed by atoms with E-state index in [1.54, 1.807) is 11.3 Å². The molecule has 1 heterocycles. The van der Waals surface area contributed by atoms with Crippen LogP contribution in [0, 0.1) is 0 Å². The van der Waals surface area contributed by atoms with E-state index in [0.717, 1.165) is 37.9 Å². The van der Waals surface area contributed by atoms with E-state index in [-0.39, 0.29) is 0 Å². The van der Waals surface area contributed by atoms with Gasteiger partial charge in [0.15, 0.2) is 0 Å². The third-order valence-corrected chi connectivity index (χ3v) is 3.31. The lowest BCUT2D eigenvalue weighted by Crippen LogP contribution is -2.40. The van der Waals surface area contributed by atoms with Crippen LogP contribution in [0.2, 0.25) is 0 Å². The van der Waals surface area contributed by atoms with E-state index in [1.165, 1.54) is 0 Å². The second-order valence-corrected chi connectivity index (χ2v) is 5.03. The zero-order chi connectivity index (χ0) is 11.9.